The number of ketones is 1. The number of carbonyl (C=O) groups is 3. The van der Waals surface area contributed by atoms with Crippen LogP contribution in [0.1, 0.15) is 35.7 Å². The zero-order chi connectivity index (χ0) is 17.0. The number of likely N-dealkylation sites (tertiary alicyclic amines) is 1. The number of aryl methyl sites for hydroxylation is 1. The molecule has 0 bridgehead atoms. The summed E-state index contributed by atoms with van der Waals surface area (Å²) in [5.74, 6) is -2.07. The zero-order valence-corrected chi connectivity index (χ0v) is 13.2. The minimum atomic E-state index is -0.731. The maximum absolute atomic E-state index is 12.5. The Morgan fingerprint density at radius 1 is 1.26 bits per heavy atom. The maximum atomic E-state index is 12.5. The van der Waals surface area contributed by atoms with Crippen LogP contribution in [0.25, 0.3) is 0 Å². The number of imide groups is 1. The molecular formula is C18H19NO4. The summed E-state index contributed by atoms with van der Waals surface area (Å²) >= 11 is 0. The Labute approximate surface area is 134 Å². The van der Waals surface area contributed by atoms with Crippen molar-refractivity contribution in [1.29, 1.82) is 0 Å². The number of amides is 2. The summed E-state index contributed by atoms with van der Waals surface area (Å²) in [7, 11) is 0. The van der Waals surface area contributed by atoms with Gasteiger partial charge in [-0.05, 0) is 25.0 Å². The third-order valence-electron chi connectivity index (χ3n) is 3.66. The molecule has 2 amide bonds. The average Bonchev–Trinajstić information content (AvgIpc) is 2.82. The predicted octanol–water partition coefficient (Wildman–Crippen LogP) is 2.71. The Bertz CT molecular complexity index is 715. The van der Waals surface area contributed by atoms with Crippen molar-refractivity contribution in [2.24, 2.45) is 0 Å². The first-order valence-corrected chi connectivity index (χ1v) is 7.49. The lowest BCUT2D eigenvalue weighted by molar-refractivity contribution is -0.122. The predicted molar refractivity (Wildman–Crippen MR) is 85.9 cm³/mol. The third kappa shape index (κ3) is 3.39. The number of aliphatic hydroxyl groups is 1. The van der Waals surface area contributed by atoms with E-state index in [1.807, 2.05) is 13.0 Å². The van der Waals surface area contributed by atoms with E-state index < -0.39 is 17.6 Å². The van der Waals surface area contributed by atoms with Gasteiger partial charge in [-0.2, -0.15) is 0 Å². The van der Waals surface area contributed by atoms with Crippen molar-refractivity contribution < 1.29 is 19.5 Å². The van der Waals surface area contributed by atoms with E-state index in [-0.39, 0.29) is 24.3 Å². The first kappa shape index (κ1) is 16.7. The van der Waals surface area contributed by atoms with Gasteiger partial charge in [0.05, 0.1) is 6.54 Å². The van der Waals surface area contributed by atoms with Gasteiger partial charge in [0.25, 0.3) is 11.8 Å². The smallest absolute Gasteiger partial charge is 0.268 e. The molecule has 0 saturated carbocycles. The molecule has 1 aliphatic rings. The van der Waals surface area contributed by atoms with Crippen LogP contribution in [0, 0.1) is 6.92 Å². The van der Waals surface area contributed by atoms with Crippen molar-refractivity contribution in [3.63, 3.8) is 0 Å². The van der Waals surface area contributed by atoms with E-state index in [2.05, 4.69) is 0 Å². The second-order valence-electron chi connectivity index (χ2n) is 5.34. The van der Waals surface area contributed by atoms with Crippen molar-refractivity contribution >= 4 is 17.6 Å². The second-order valence-corrected chi connectivity index (χ2v) is 5.34. The Kier molecular flexibility index (Phi) is 5.11. The Morgan fingerprint density at radius 2 is 1.96 bits per heavy atom. The molecule has 1 N–H and O–H groups in total. The highest BCUT2D eigenvalue weighted by Gasteiger charge is 2.40. The van der Waals surface area contributed by atoms with Crippen LogP contribution in [0.3, 0.4) is 0 Å². The Balaban J connectivity index is 2.28. The Hall–Kier alpha value is -2.69. The fourth-order valence-electron chi connectivity index (χ4n) is 2.42. The zero-order valence-electron chi connectivity index (χ0n) is 13.2. The van der Waals surface area contributed by atoms with Crippen LogP contribution in [0.2, 0.25) is 0 Å². The molecule has 1 saturated heterocycles. The fourth-order valence-corrected chi connectivity index (χ4v) is 2.42. The second kappa shape index (κ2) is 7.05. The van der Waals surface area contributed by atoms with Crippen molar-refractivity contribution in [2.75, 3.05) is 6.54 Å². The van der Waals surface area contributed by atoms with E-state index in [0.29, 0.717) is 5.56 Å². The number of benzene rings is 1. The summed E-state index contributed by atoms with van der Waals surface area (Å²) in [5.41, 5.74) is 0.818. The fraction of sp³-hybridized carbons (Fsp3) is 0.278. The number of hydrogen-bond donors (Lipinski definition) is 1. The van der Waals surface area contributed by atoms with E-state index in [0.717, 1.165) is 16.9 Å². The van der Waals surface area contributed by atoms with Gasteiger partial charge < -0.3 is 5.11 Å². The molecule has 1 heterocycles. The largest absolute Gasteiger partial charge is 0.511 e. The van der Waals surface area contributed by atoms with Crippen LogP contribution in [0.15, 0.2) is 47.7 Å². The Morgan fingerprint density at radius 3 is 2.61 bits per heavy atom. The van der Waals surface area contributed by atoms with Crippen LogP contribution in [0.4, 0.5) is 0 Å². The molecule has 2 rings (SSSR count). The monoisotopic (exact) mass is 313 g/mol. The van der Waals surface area contributed by atoms with Crippen molar-refractivity contribution in [2.45, 2.75) is 26.7 Å². The van der Waals surface area contributed by atoms with Gasteiger partial charge in [0, 0.05) is 12.0 Å². The van der Waals surface area contributed by atoms with Crippen molar-refractivity contribution in [3.8, 4) is 0 Å². The number of rotatable bonds is 4. The first-order valence-electron chi connectivity index (χ1n) is 7.49. The average molecular weight is 313 g/mol. The van der Waals surface area contributed by atoms with Crippen LogP contribution in [0.5, 0.6) is 0 Å². The van der Waals surface area contributed by atoms with Gasteiger partial charge in [0.1, 0.15) is 11.3 Å². The molecule has 0 aromatic heterocycles. The van der Waals surface area contributed by atoms with Gasteiger partial charge in [-0.25, -0.2) is 0 Å². The molecule has 120 valence electrons. The number of carbonyl (C=O) groups excluding carboxylic acids is 3. The van der Waals surface area contributed by atoms with Crippen LogP contribution in [-0.2, 0) is 9.59 Å². The van der Waals surface area contributed by atoms with E-state index in [9.17, 15) is 19.5 Å². The molecular weight excluding hydrogens is 294 g/mol. The lowest BCUT2D eigenvalue weighted by atomic mass is 10.1. The van der Waals surface area contributed by atoms with E-state index in [4.69, 9.17) is 0 Å². The molecule has 5 nitrogen and oxygen atoms in total. The summed E-state index contributed by atoms with van der Waals surface area (Å²) < 4.78 is 0. The highest BCUT2D eigenvalue weighted by Crippen LogP contribution is 2.22. The quantitative estimate of drug-likeness (QED) is 0.305. The molecule has 1 fully saturated rings. The molecule has 0 aliphatic carbocycles. The molecule has 0 unspecified atom stereocenters. The lowest BCUT2D eigenvalue weighted by Crippen LogP contribution is -2.33. The van der Waals surface area contributed by atoms with Gasteiger partial charge in [-0.15, -0.1) is 0 Å². The number of aliphatic hydroxyl groups excluding tert-OH is 1. The van der Waals surface area contributed by atoms with Crippen molar-refractivity contribution in [1.82, 2.24) is 4.90 Å². The molecule has 1 aromatic rings. The highest BCUT2D eigenvalue weighted by molar-refractivity contribution is 6.30. The summed E-state index contributed by atoms with van der Waals surface area (Å²) in [6.45, 7) is 3.37. The lowest BCUT2D eigenvalue weighted by Gasteiger charge is -2.13. The SMILES string of the molecule is CC/C=C/C/C(O)=C1\C(=O)CN(C(=O)c2ccccc2C)C1=O. The molecule has 0 radical (unpaired) electrons. The molecule has 23 heavy (non-hydrogen) atoms. The van der Waals surface area contributed by atoms with Gasteiger partial charge in [0.15, 0.2) is 5.78 Å². The third-order valence-corrected chi connectivity index (χ3v) is 3.66. The van der Waals surface area contributed by atoms with E-state index >= 15 is 0 Å². The normalized spacial score (nSPS) is 17.2. The van der Waals surface area contributed by atoms with Gasteiger partial charge in [-0.1, -0.05) is 37.3 Å². The van der Waals surface area contributed by atoms with Gasteiger partial charge in [-0.3, -0.25) is 19.3 Å². The number of Topliss-reactive ketones (excluding diaryl/α,β-unsaturated/α-hetero) is 1. The molecule has 5 heteroatoms. The van der Waals surface area contributed by atoms with E-state index in [1.165, 1.54) is 0 Å². The van der Waals surface area contributed by atoms with Gasteiger partial charge in [0.2, 0.25) is 0 Å². The molecule has 1 aliphatic heterocycles. The molecule has 0 spiro atoms. The minimum Gasteiger partial charge on any atom is -0.511 e. The summed E-state index contributed by atoms with van der Waals surface area (Å²) in [5, 5.41) is 9.99. The maximum Gasteiger partial charge on any atom is 0.268 e. The van der Waals surface area contributed by atoms with Crippen molar-refractivity contribution in [3.05, 3.63) is 58.9 Å². The minimum absolute atomic E-state index is 0.104. The topological polar surface area (TPSA) is 74.7 Å². The van der Waals surface area contributed by atoms with Crippen LogP contribution >= 0.6 is 0 Å². The molecule has 1 aromatic carbocycles. The first-order chi connectivity index (χ1) is 11.0. The van der Waals surface area contributed by atoms with E-state index in [1.54, 1.807) is 37.3 Å². The number of allylic oxidation sites excluding steroid dienone is 2. The number of hydrogen-bond acceptors (Lipinski definition) is 4. The molecule has 0 atom stereocenters. The van der Waals surface area contributed by atoms with Crippen LogP contribution < -0.4 is 0 Å². The van der Waals surface area contributed by atoms with Gasteiger partial charge >= 0.3 is 0 Å². The van der Waals surface area contributed by atoms with Crippen LogP contribution in [-0.4, -0.2) is 34.1 Å². The number of nitrogens with zero attached hydrogens (tertiary/aromatic N) is 1. The summed E-state index contributed by atoms with van der Waals surface area (Å²) in [4.78, 5) is 37.8. The standard InChI is InChI=1S/C18H19NO4/c1-3-4-5-10-14(20)16-15(21)11-19(18(16)23)17(22)13-9-7-6-8-12(13)2/h4-9,20H,3,10-11H2,1-2H3/b5-4+,16-14-. The highest BCUT2D eigenvalue weighted by atomic mass is 16.3. The summed E-state index contributed by atoms with van der Waals surface area (Å²) in [6, 6.07) is 6.87. The summed E-state index contributed by atoms with van der Waals surface area (Å²) in [6.07, 6.45) is 4.42.